The molecule has 4 nitrogen and oxygen atoms in total. The fourth-order valence-electron chi connectivity index (χ4n) is 7.90. The molecule has 0 unspecified atom stereocenters. The van der Waals surface area contributed by atoms with E-state index in [0.717, 1.165) is 60.1 Å². The molecule has 0 fully saturated rings. The highest BCUT2D eigenvalue weighted by Gasteiger charge is 2.00. The van der Waals surface area contributed by atoms with Crippen LogP contribution in [0.3, 0.4) is 0 Å². The Balaban J connectivity index is 1.15. The maximum absolute atomic E-state index is 6.00. The van der Waals surface area contributed by atoms with Crippen LogP contribution in [0.15, 0.2) is 82.8 Å². The molecule has 0 saturated heterocycles. The van der Waals surface area contributed by atoms with Crippen molar-refractivity contribution in [1.82, 2.24) is 0 Å². The van der Waals surface area contributed by atoms with E-state index in [0.29, 0.717) is 0 Å². The third-order valence-corrected chi connectivity index (χ3v) is 11.9. The lowest BCUT2D eigenvalue weighted by Crippen LogP contribution is -1.97. The summed E-state index contributed by atoms with van der Waals surface area (Å²) in [6, 6.07) is 24.5. The van der Waals surface area contributed by atoms with Gasteiger partial charge < -0.3 is 9.47 Å². The van der Waals surface area contributed by atoms with Crippen molar-refractivity contribution in [2.24, 2.45) is 9.98 Å². The Morgan fingerprint density at radius 1 is 0.300 bits per heavy atom. The van der Waals surface area contributed by atoms with Crippen molar-refractivity contribution in [2.75, 3.05) is 13.2 Å². The van der Waals surface area contributed by atoms with Crippen LogP contribution < -0.4 is 9.47 Å². The third kappa shape index (κ3) is 28.2. The Morgan fingerprint density at radius 2 is 0.533 bits per heavy atom. The van der Waals surface area contributed by atoms with Gasteiger partial charge in [0.1, 0.15) is 11.5 Å². The standard InChI is InChI=1S/C56H88N2O2/c1-3-5-7-9-11-13-15-17-19-21-23-25-27-29-31-33-47-59-55-43-39-53(40-44-55)57-49-51-35-37-52(38-36-51)50-58-54-41-45-56(46-42-54)60-48-34-32-30-28-26-24-22-20-18-16-14-12-10-8-6-4-2/h35-46,49-50H,3-34,47-48H2,1-2H3. The number of hydrogen-bond acceptors (Lipinski definition) is 4. The van der Waals surface area contributed by atoms with Gasteiger partial charge in [-0.1, -0.05) is 231 Å². The molecule has 60 heavy (non-hydrogen) atoms. The van der Waals surface area contributed by atoms with Crippen molar-refractivity contribution in [3.8, 4) is 11.5 Å². The molecule has 0 aromatic heterocycles. The highest BCUT2D eigenvalue weighted by molar-refractivity contribution is 5.86. The first-order chi connectivity index (χ1) is 29.8. The third-order valence-electron chi connectivity index (χ3n) is 11.9. The van der Waals surface area contributed by atoms with E-state index in [2.05, 4.69) is 48.1 Å². The molecule has 0 aliphatic carbocycles. The van der Waals surface area contributed by atoms with Gasteiger partial charge in [0, 0.05) is 12.4 Å². The summed E-state index contributed by atoms with van der Waals surface area (Å²) >= 11 is 0. The van der Waals surface area contributed by atoms with E-state index in [9.17, 15) is 0 Å². The monoisotopic (exact) mass is 821 g/mol. The molecule has 0 bridgehead atoms. The molecule has 3 rings (SSSR count). The Bertz CT molecular complexity index is 1320. The van der Waals surface area contributed by atoms with Crippen molar-refractivity contribution < 1.29 is 9.47 Å². The molecule has 3 aromatic carbocycles. The van der Waals surface area contributed by atoms with Crippen LogP contribution in [-0.4, -0.2) is 25.6 Å². The summed E-state index contributed by atoms with van der Waals surface area (Å²) in [5, 5.41) is 0. The van der Waals surface area contributed by atoms with Crippen LogP contribution >= 0.6 is 0 Å². The average Bonchev–Trinajstić information content (AvgIpc) is 3.28. The van der Waals surface area contributed by atoms with Gasteiger partial charge in [-0.25, -0.2) is 0 Å². The van der Waals surface area contributed by atoms with E-state index < -0.39 is 0 Å². The van der Waals surface area contributed by atoms with Crippen LogP contribution in [0.4, 0.5) is 11.4 Å². The zero-order valence-corrected chi connectivity index (χ0v) is 38.8. The molecule has 0 radical (unpaired) electrons. The van der Waals surface area contributed by atoms with Crippen LogP contribution in [0.5, 0.6) is 11.5 Å². The molecular formula is C56H88N2O2. The maximum atomic E-state index is 6.00. The molecule has 0 spiro atoms. The summed E-state index contributed by atoms with van der Waals surface area (Å²) < 4.78 is 12.0. The summed E-state index contributed by atoms with van der Waals surface area (Å²) in [5.41, 5.74) is 3.96. The normalized spacial score (nSPS) is 11.6. The molecule has 0 heterocycles. The molecule has 334 valence electrons. The second kappa shape index (κ2) is 37.4. The summed E-state index contributed by atoms with van der Waals surface area (Å²) in [7, 11) is 0. The van der Waals surface area contributed by atoms with E-state index in [1.807, 2.05) is 61.0 Å². The zero-order valence-electron chi connectivity index (χ0n) is 38.8. The summed E-state index contributed by atoms with van der Waals surface area (Å²) in [4.78, 5) is 9.34. The van der Waals surface area contributed by atoms with E-state index in [1.54, 1.807) is 0 Å². The molecule has 0 aliphatic heterocycles. The van der Waals surface area contributed by atoms with Crippen LogP contribution in [0.25, 0.3) is 0 Å². The lowest BCUT2D eigenvalue weighted by atomic mass is 10.0. The number of hydrogen-bond donors (Lipinski definition) is 0. The predicted molar refractivity (Wildman–Crippen MR) is 264 cm³/mol. The molecule has 4 heteroatoms. The van der Waals surface area contributed by atoms with E-state index in [4.69, 9.17) is 9.47 Å². The minimum Gasteiger partial charge on any atom is -0.494 e. The van der Waals surface area contributed by atoms with Gasteiger partial charge in [0.25, 0.3) is 0 Å². The fraction of sp³-hybridized carbons (Fsp3) is 0.643. The van der Waals surface area contributed by atoms with Gasteiger partial charge in [0.2, 0.25) is 0 Å². The van der Waals surface area contributed by atoms with Crippen LogP contribution in [-0.2, 0) is 0 Å². The largest absolute Gasteiger partial charge is 0.494 e. The SMILES string of the molecule is CCCCCCCCCCCCCCCCCCOc1ccc(N=Cc2ccc(C=Nc3ccc(OCCCCCCCCCCCCCCCCCC)cc3)cc2)cc1. The van der Waals surface area contributed by atoms with E-state index in [-0.39, 0.29) is 0 Å². The van der Waals surface area contributed by atoms with E-state index in [1.165, 1.54) is 193 Å². The Labute approximate surface area is 369 Å². The van der Waals surface area contributed by atoms with Crippen molar-refractivity contribution >= 4 is 23.8 Å². The average molecular weight is 821 g/mol. The minimum atomic E-state index is 0.788. The first-order valence-electron chi connectivity index (χ1n) is 25.4. The Hall–Kier alpha value is -3.40. The fourth-order valence-corrected chi connectivity index (χ4v) is 7.90. The van der Waals surface area contributed by atoms with Gasteiger partial charge >= 0.3 is 0 Å². The van der Waals surface area contributed by atoms with Crippen molar-refractivity contribution in [3.05, 3.63) is 83.9 Å². The first kappa shape index (κ1) is 51.0. The molecule has 0 atom stereocenters. The lowest BCUT2D eigenvalue weighted by Gasteiger charge is -2.07. The number of benzene rings is 3. The van der Waals surface area contributed by atoms with E-state index >= 15 is 0 Å². The molecular weight excluding hydrogens is 733 g/mol. The Morgan fingerprint density at radius 3 is 0.783 bits per heavy atom. The lowest BCUT2D eigenvalue weighted by molar-refractivity contribution is 0.304. The van der Waals surface area contributed by atoms with Crippen molar-refractivity contribution in [3.63, 3.8) is 0 Å². The van der Waals surface area contributed by atoms with Crippen LogP contribution in [0, 0.1) is 0 Å². The van der Waals surface area contributed by atoms with Gasteiger partial charge in [0.15, 0.2) is 0 Å². The number of aliphatic imine (C=N–C) groups is 2. The molecule has 3 aromatic rings. The van der Waals surface area contributed by atoms with Gasteiger partial charge in [-0.2, -0.15) is 0 Å². The highest BCUT2D eigenvalue weighted by Crippen LogP contribution is 2.21. The summed E-state index contributed by atoms with van der Waals surface area (Å²) in [6.07, 6.45) is 48.2. The maximum Gasteiger partial charge on any atom is 0.119 e. The van der Waals surface area contributed by atoms with Crippen LogP contribution in [0.1, 0.15) is 230 Å². The zero-order chi connectivity index (χ0) is 42.2. The van der Waals surface area contributed by atoms with Gasteiger partial charge in [-0.15, -0.1) is 0 Å². The summed E-state index contributed by atoms with van der Waals surface area (Å²) in [6.45, 7) is 6.16. The predicted octanol–water partition coefficient (Wildman–Crippen LogP) is 18.5. The number of unbranched alkanes of at least 4 members (excludes halogenated alkanes) is 30. The second-order valence-electron chi connectivity index (χ2n) is 17.5. The number of ether oxygens (including phenoxy) is 2. The second-order valence-corrected chi connectivity index (χ2v) is 17.5. The first-order valence-corrected chi connectivity index (χ1v) is 25.4. The molecule has 0 amide bonds. The van der Waals surface area contributed by atoms with Gasteiger partial charge in [-0.05, 0) is 72.5 Å². The topological polar surface area (TPSA) is 43.2 Å². The molecule has 0 N–H and O–H groups in total. The number of rotatable bonds is 40. The van der Waals surface area contributed by atoms with Gasteiger partial charge in [0.05, 0.1) is 24.6 Å². The molecule has 0 saturated carbocycles. The van der Waals surface area contributed by atoms with Crippen molar-refractivity contribution in [1.29, 1.82) is 0 Å². The number of nitrogens with zero attached hydrogens (tertiary/aromatic N) is 2. The Kier molecular flexibility index (Phi) is 31.7. The quantitative estimate of drug-likeness (QED) is 0.0424. The van der Waals surface area contributed by atoms with Gasteiger partial charge in [-0.3, -0.25) is 9.98 Å². The van der Waals surface area contributed by atoms with Crippen LogP contribution in [0.2, 0.25) is 0 Å². The highest BCUT2D eigenvalue weighted by atomic mass is 16.5. The van der Waals surface area contributed by atoms with Crippen molar-refractivity contribution in [2.45, 2.75) is 219 Å². The minimum absolute atomic E-state index is 0.788. The smallest absolute Gasteiger partial charge is 0.119 e. The molecule has 0 aliphatic rings. The summed E-state index contributed by atoms with van der Waals surface area (Å²) in [5.74, 6) is 1.84.